The summed E-state index contributed by atoms with van der Waals surface area (Å²) in [5.41, 5.74) is 0.622. The first-order valence-corrected chi connectivity index (χ1v) is 8.58. The Labute approximate surface area is 153 Å². The van der Waals surface area contributed by atoms with Gasteiger partial charge in [0.2, 0.25) is 11.8 Å². The van der Waals surface area contributed by atoms with Crippen LogP contribution in [0.5, 0.6) is 5.75 Å². The molecule has 0 aliphatic carbocycles. The highest BCUT2D eigenvalue weighted by atomic mass is 32.2. The molecule has 3 rings (SSSR count). The molecule has 134 valence electrons. The van der Waals surface area contributed by atoms with Crippen LogP contribution in [0.4, 0.5) is 5.69 Å². The smallest absolute Gasteiger partial charge is 0.238 e. The second kappa shape index (κ2) is 8.34. The van der Waals surface area contributed by atoms with Gasteiger partial charge in [0.15, 0.2) is 5.17 Å². The number of methoxy groups -OCH3 is 1. The Hall–Kier alpha value is -3.07. The Morgan fingerprint density at radius 2 is 2.19 bits per heavy atom. The Kier molecular flexibility index (Phi) is 5.69. The van der Waals surface area contributed by atoms with E-state index in [0.29, 0.717) is 17.2 Å². The summed E-state index contributed by atoms with van der Waals surface area (Å²) in [5, 5.41) is 12.8. The first kappa shape index (κ1) is 17.7. The fraction of sp³-hybridized carbons (Fsp3) is 0.176. The van der Waals surface area contributed by atoms with Crippen LogP contribution in [0.25, 0.3) is 0 Å². The Morgan fingerprint density at radius 3 is 2.88 bits per heavy atom. The lowest BCUT2D eigenvalue weighted by Gasteiger charge is -2.21. The molecule has 2 heterocycles. The van der Waals surface area contributed by atoms with Crippen LogP contribution in [0.15, 0.2) is 57.3 Å². The molecule has 0 spiro atoms. The van der Waals surface area contributed by atoms with Gasteiger partial charge in [-0.25, -0.2) is 0 Å². The number of amides is 2. The first-order chi connectivity index (χ1) is 12.6. The third kappa shape index (κ3) is 4.73. The number of carbonyl (C=O) groups is 2. The summed E-state index contributed by atoms with van der Waals surface area (Å²) < 4.78 is 10.2. The van der Waals surface area contributed by atoms with Crippen molar-refractivity contribution in [2.75, 3.05) is 12.4 Å². The molecule has 1 aromatic heterocycles. The van der Waals surface area contributed by atoms with Crippen molar-refractivity contribution in [1.29, 1.82) is 0 Å². The second-order valence-electron chi connectivity index (χ2n) is 5.24. The number of hydrogen-bond acceptors (Lipinski definition) is 7. The van der Waals surface area contributed by atoms with Gasteiger partial charge >= 0.3 is 0 Å². The van der Waals surface area contributed by atoms with E-state index in [1.165, 1.54) is 12.5 Å². The number of thioether (sulfide) groups is 1. The minimum absolute atomic E-state index is 0.0631. The molecule has 1 aliphatic heterocycles. The molecule has 0 radical (unpaired) electrons. The second-order valence-corrected chi connectivity index (χ2v) is 6.43. The number of amidine groups is 1. The van der Waals surface area contributed by atoms with E-state index in [1.807, 2.05) is 0 Å². The van der Waals surface area contributed by atoms with E-state index in [9.17, 15) is 9.59 Å². The molecule has 1 aromatic carbocycles. The first-order valence-electron chi connectivity index (χ1n) is 7.70. The molecule has 8 nitrogen and oxygen atoms in total. The average Bonchev–Trinajstić information content (AvgIpc) is 3.15. The van der Waals surface area contributed by atoms with Crippen LogP contribution in [0.3, 0.4) is 0 Å². The zero-order chi connectivity index (χ0) is 18.4. The van der Waals surface area contributed by atoms with Gasteiger partial charge in [0.05, 0.1) is 19.6 Å². The molecule has 0 bridgehead atoms. The molecule has 2 N–H and O–H groups in total. The zero-order valence-electron chi connectivity index (χ0n) is 13.8. The topological polar surface area (TPSA) is 105 Å². The number of nitrogens with zero attached hydrogens (tertiary/aromatic N) is 2. The van der Waals surface area contributed by atoms with Gasteiger partial charge in [-0.1, -0.05) is 11.8 Å². The van der Waals surface area contributed by atoms with Crippen molar-refractivity contribution in [1.82, 2.24) is 5.32 Å². The van der Waals surface area contributed by atoms with Gasteiger partial charge < -0.3 is 19.8 Å². The minimum atomic E-state index is -0.594. The SMILES string of the molecule is COc1ccc(NC(=O)[C@H]2CC(=O)N/C(=N\N=C/c3ccco3)S2)cc1. The number of nitrogens with one attached hydrogen (secondary N) is 2. The molecule has 9 heteroatoms. The lowest BCUT2D eigenvalue weighted by atomic mass is 10.2. The number of hydrogen-bond donors (Lipinski definition) is 2. The van der Waals surface area contributed by atoms with E-state index in [2.05, 4.69) is 20.8 Å². The summed E-state index contributed by atoms with van der Waals surface area (Å²) in [4.78, 5) is 24.3. The van der Waals surface area contributed by atoms with E-state index < -0.39 is 5.25 Å². The number of anilines is 1. The predicted molar refractivity (Wildman–Crippen MR) is 99.5 cm³/mol. The van der Waals surface area contributed by atoms with Crippen molar-refractivity contribution in [3.8, 4) is 5.75 Å². The van der Waals surface area contributed by atoms with Crippen molar-refractivity contribution >= 4 is 40.6 Å². The van der Waals surface area contributed by atoms with Crippen molar-refractivity contribution in [2.24, 2.45) is 10.2 Å². The van der Waals surface area contributed by atoms with E-state index in [-0.39, 0.29) is 23.4 Å². The molecule has 2 aromatic rings. The van der Waals surface area contributed by atoms with Gasteiger partial charge in [-0.05, 0) is 36.4 Å². The summed E-state index contributed by atoms with van der Waals surface area (Å²) in [6, 6.07) is 10.4. The zero-order valence-corrected chi connectivity index (χ0v) is 14.7. The Bertz CT molecular complexity index is 831. The summed E-state index contributed by atoms with van der Waals surface area (Å²) in [6.45, 7) is 0. The monoisotopic (exact) mass is 372 g/mol. The van der Waals surface area contributed by atoms with E-state index in [1.54, 1.807) is 43.5 Å². The molecular formula is C17H16N4O4S. The lowest BCUT2D eigenvalue weighted by Crippen LogP contribution is -2.41. The Morgan fingerprint density at radius 1 is 1.38 bits per heavy atom. The molecule has 1 aliphatic rings. The van der Waals surface area contributed by atoms with Gasteiger partial charge in [0.25, 0.3) is 0 Å². The van der Waals surface area contributed by atoms with E-state index >= 15 is 0 Å². The van der Waals surface area contributed by atoms with Crippen LogP contribution in [0.1, 0.15) is 12.2 Å². The molecule has 26 heavy (non-hydrogen) atoms. The number of ether oxygens (including phenoxy) is 1. The highest BCUT2D eigenvalue weighted by molar-refractivity contribution is 8.15. The van der Waals surface area contributed by atoms with Crippen molar-refractivity contribution in [3.63, 3.8) is 0 Å². The number of carbonyl (C=O) groups excluding carboxylic acids is 2. The molecule has 1 atom stereocenters. The highest BCUT2D eigenvalue weighted by Crippen LogP contribution is 2.23. The van der Waals surface area contributed by atoms with Gasteiger partial charge in [0.1, 0.15) is 16.8 Å². The fourth-order valence-corrected chi connectivity index (χ4v) is 3.08. The average molecular weight is 372 g/mol. The normalized spacial score (nSPS) is 18.7. The van der Waals surface area contributed by atoms with Gasteiger partial charge in [-0.15, -0.1) is 5.10 Å². The summed E-state index contributed by atoms with van der Waals surface area (Å²) in [6.07, 6.45) is 3.00. The van der Waals surface area contributed by atoms with Crippen LogP contribution in [0, 0.1) is 0 Å². The number of furan rings is 1. The van der Waals surface area contributed by atoms with Crippen molar-refractivity contribution in [3.05, 3.63) is 48.4 Å². The predicted octanol–water partition coefficient (Wildman–Crippen LogP) is 2.24. The largest absolute Gasteiger partial charge is 0.497 e. The molecule has 0 unspecified atom stereocenters. The van der Waals surface area contributed by atoms with Crippen molar-refractivity contribution < 1.29 is 18.7 Å². The maximum atomic E-state index is 12.4. The van der Waals surface area contributed by atoms with E-state index in [0.717, 1.165) is 11.8 Å². The van der Waals surface area contributed by atoms with Crippen LogP contribution in [-0.2, 0) is 9.59 Å². The van der Waals surface area contributed by atoms with E-state index in [4.69, 9.17) is 9.15 Å². The molecule has 2 amide bonds. The van der Waals surface area contributed by atoms with Crippen LogP contribution >= 0.6 is 11.8 Å². The lowest BCUT2D eigenvalue weighted by molar-refractivity contribution is -0.123. The van der Waals surface area contributed by atoms with Crippen LogP contribution < -0.4 is 15.4 Å². The summed E-state index contributed by atoms with van der Waals surface area (Å²) in [7, 11) is 1.57. The maximum Gasteiger partial charge on any atom is 0.238 e. The third-order valence-corrected chi connectivity index (χ3v) is 4.47. The number of benzene rings is 1. The highest BCUT2D eigenvalue weighted by Gasteiger charge is 2.30. The third-order valence-electron chi connectivity index (χ3n) is 3.40. The minimum Gasteiger partial charge on any atom is -0.497 e. The van der Waals surface area contributed by atoms with Gasteiger partial charge in [-0.2, -0.15) is 5.10 Å². The standard InChI is InChI=1S/C17H16N4O4S/c1-24-12-6-4-11(5-7-12)19-16(23)14-9-15(22)20-17(26-14)21-18-10-13-3-2-8-25-13/h2-8,10,14H,9H2,1H3,(H,19,23)(H,20,21,22)/b18-10-/t14-/m1/s1. The molecular weight excluding hydrogens is 356 g/mol. The molecule has 1 fully saturated rings. The summed E-state index contributed by atoms with van der Waals surface area (Å²) in [5.74, 6) is 0.664. The van der Waals surface area contributed by atoms with Gasteiger partial charge in [-0.3, -0.25) is 9.59 Å². The maximum absolute atomic E-state index is 12.4. The quantitative estimate of drug-likeness (QED) is 0.619. The molecule has 0 saturated carbocycles. The van der Waals surface area contributed by atoms with Gasteiger partial charge in [0, 0.05) is 12.1 Å². The van der Waals surface area contributed by atoms with Crippen LogP contribution in [-0.4, -0.2) is 35.6 Å². The number of rotatable bonds is 5. The Balaban J connectivity index is 1.63. The summed E-state index contributed by atoms with van der Waals surface area (Å²) >= 11 is 1.14. The fourth-order valence-electron chi connectivity index (χ4n) is 2.14. The molecule has 1 saturated heterocycles. The van der Waals surface area contributed by atoms with Crippen LogP contribution in [0.2, 0.25) is 0 Å². The van der Waals surface area contributed by atoms with Crippen molar-refractivity contribution in [2.45, 2.75) is 11.7 Å².